The molecule has 0 aromatic heterocycles. The van der Waals surface area contributed by atoms with Crippen LogP contribution in [0, 0.1) is 5.92 Å². The Balaban J connectivity index is 2.81. The highest BCUT2D eigenvalue weighted by molar-refractivity contribution is 5.86. The molecule has 0 unspecified atom stereocenters. The predicted octanol–water partition coefficient (Wildman–Crippen LogP) is 2.10. The molecule has 0 aliphatic rings. The highest BCUT2D eigenvalue weighted by Crippen LogP contribution is 2.29. The van der Waals surface area contributed by atoms with Crippen molar-refractivity contribution in [2.24, 2.45) is 5.92 Å². The van der Waals surface area contributed by atoms with Gasteiger partial charge in [0.15, 0.2) is 0 Å². The number of rotatable bonds is 7. The summed E-state index contributed by atoms with van der Waals surface area (Å²) < 4.78 is 47.3. The molecule has 6 nitrogen and oxygen atoms in total. The molecule has 0 spiro atoms. The van der Waals surface area contributed by atoms with Gasteiger partial charge in [-0.25, -0.2) is 4.79 Å². The highest BCUT2D eigenvalue weighted by atomic mass is 19.4. The van der Waals surface area contributed by atoms with E-state index in [4.69, 9.17) is 0 Å². The van der Waals surface area contributed by atoms with E-state index in [1.807, 2.05) is 0 Å². The number of halogens is 3. The Morgan fingerprint density at radius 3 is 2.27 bits per heavy atom. The number of carbonyl (C=O) groups is 3. The number of amides is 1. The van der Waals surface area contributed by atoms with Crippen molar-refractivity contribution in [3.63, 3.8) is 0 Å². The Hall–Kier alpha value is -2.58. The second kappa shape index (κ2) is 9.21. The lowest BCUT2D eigenvalue weighted by Crippen LogP contribution is -2.44. The Morgan fingerprint density at radius 1 is 1.12 bits per heavy atom. The van der Waals surface area contributed by atoms with Crippen LogP contribution in [0.2, 0.25) is 0 Å². The van der Waals surface area contributed by atoms with Crippen LogP contribution in [0.5, 0.6) is 0 Å². The van der Waals surface area contributed by atoms with Gasteiger partial charge in [0, 0.05) is 0 Å². The maximum atomic E-state index is 12.7. The van der Waals surface area contributed by atoms with Crippen LogP contribution in [0.4, 0.5) is 13.2 Å². The lowest BCUT2D eigenvalue weighted by atomic mass is 10.0. The predicted molar refractivity (Wildman–Crippen MR) is 84.9 cm³/mol. The van der Waals surface area contributed by atoms with Gasteiger partial charge in [0.2, 0.25) is 5.91 Å². The van der Waals surface area contributed by atoms with Gasteiger partial charge in [0.1, 0.15) is 6.04 Å². The van der Waals surface area contributed by atoms with Gasteiger partial charge in [0.25, 0.3) is 0 Å². The number of alkyl halides is 3. The van der Waals surface area contributed by atoms with Crippen LogP contribution < -0.4 is 5.32 Å². The molecule has 0 aliphatic carbocycles. The van der Waals surface area contributed by atoms with Gasteiger partial charge >= 0.3 is 18.1 Å². The molecule has 0 bridgehead atoms. The van der Waals surface area contributed by atoms with E-state index in [9.17, 15) is 27.6 Å². The van der Waals surface area contributed by atoms with Crippen LogP contribution in [-0.4, -0.2) is 38.1 Å². The van der Waals surface area contributed by atoms with Gasteiger partial charge in [0.05, 0.1) is 32.1 Å². The van der Waals surface area contributed by atoms with Crippen LogP contribution in [0.15, 0.2) is 24.3 Å². The standard InChI is InChI=1S/C17H20F3NO5/c1-10(15(23)25-2)7-13(16(24)26-3)21-14(22)9-11-5-4-6-12(8-11)17(18,19)20/h4-6,8,10,13H,7,9H2,1-3H3,(H,21,22)/t10-,13-/m0/s1. The minimum atomic E-state index is -4.52. The smallest absolute Gasteiger partial charge is 0.416 e. The first-order valence-corrected chi connectivity index (χ1v) is 7.69. The largest absolute Gasteiger partial charge is 0.469 e. The Kier molecular flexibility index (Phi) is 7.60. The molecule has 1 aromatic rings. The van der Waals surface area contributed by atoms with Gasteiger partial charge in [-0.3, -0.25) is 9.59 Å². The zero-order valence-electron chi connectivity index (χ0n) is 14.6. The topological polar surface area (TPSA) is 81.7 Å². The molecular weight excluding hydrogens is 355 g/mol. The molecule has 0 fully saturated rings. The Morgan fingerprint density at radius 2 is 1.73 bits per heavy atom. The number of hydrogen-bond donors (Lipinski definition) is 1. The summed E-state index contributed by atoms with van der Waals surface area (Å²) in [5.74, 6) is -2.68. The monoisotopic (exact) mass is 375 g/mol. The minimum Gasteiger partial charge on any atom is -0.469 e. The summed E-state index contributed by atoms with van der Waals surface area (Å²) in [7, 11) is 2.31. The average Bonchev–Trinajstić information content (AvgIpc) is 2.58. The zero-order valence-corrected chi connectivity index (χ0v) is 14.6. The molecule has 0 saturated heterocycles. The quantitative estimate of drug-likeness (QED) is 0.738. The van der Waals surface area contributed by atoms with Crippen LogP contribution in [0.3, 0.4) is 0 Å². The van der Waals surface area contributed by atoms with Crippen molar-refractivity contribution in [2.75, 3.05) is 14.2 Å². The third-order valence-corrected chi connectivity index (χ3v) is 3.63. The van der Waals surface area contributed by atoms with E-state index < -0.39 is 41.5 Å². The third kappa shape index (κ3) is 6.38. The summed E-state index contributed by atoms with van der Waals surface area (Å²) in [5, 5.41) is 2.38. The van der Waals surface area contributed by atoms with Gasteiger partial charge < -0.3 is 14.8 Å². The molecule has 1 N–H and O–H groups in total. The molecule has 1 aromatic carbocycles. The summed E-state index contributed by atoms with van der Waals surface area (Å²) in [5.41, 5.74) is -0.728. The fourth-order valence-electron chi connectivity index (χ4n) is 2.30. The molecule has 0 saturated carbocycles. The van der Waals surface area contributed by atoms with Crippen LogP contribution in [0.1, 0.15) is 24.5 Å². The fraction of sp³-hybridized carbons (Fsp3) is 0.471. The van der Waals surface area contributed by atoms with Crippen molar-refractivity contribution >= 4 is 17.8 Å². The summed E-state index contributed by atoms with van der Waals surface area (Å²) in [4.78, 5) is 35.4. The van der Waals surface area contributed by atoms with E-state index in [-0.39, 0.29) is 18.4 Å². The number of methoxy groups -OCH3 is 2. The maximum Gasteiger partial charge on any atom is 0.416 e. The van der Waals surface area contributed by atoms with E-state index in [0.29, 0.717) is 0 Å². The zero-order chi connectivity index (χ0) is 19.9. The first-order valence-electron chi connectivity index (χ1n) is 7.69. The van der Waals surface area contributed by atoms with E-state index in [2.05, 4.69) is 14.8 Å². The number of ether oxygens (including phenoxy) is 2. The molecular formula is C17H20F3NO5. The van der Waals surface area contributed by atoms with Crippen LogP contribution in [0.25, 0.3) is 0 Å². The minimum absolute atomic E-state index is 0.0618. The highest BCUT2D eigenvalue weighted by Gasteiger charge is 2.31. The second-order valence-corrected chi connectivity index (χ2v) is 5.68. The summed E-state index contributed by atoms with van der Waals surface area (Å²) in [6, 6.07) is 3.22. The number of esters is 2. The van der Waals surface area contributed by atoms with Crippen molar-refractivity contribution in [3.05, 3.63) is 35.4 Å². The lowest BCUT2D eigenvalue weighted by molar-refractivity contribution is -0.148. The molecule has 2 atom stereocenters. The van der Waals surface area contributed by atoms with Gasteiger partial charge in [-0.15, -0.1) is 0 Å². The normalized spacial score (nSPS) is 13.5. The van der Waals surface area contributed by atoms with E-state index in [1.54, 1.807) is 0 Å². The number of carbonyl (C=O) groups excluding carboxylic acids is 3. The van der Waals surface area contributed by atoms with Crippen molar-refractivity contribution in [2.45, 2.75) is 32.0 Å². The molecule has 0 aliphatic heterocycles. The van der Waals surface area contributed by atoms with Crippen LogP contribution >= 0.6 is 0 Å². The third-order valence-electron chi connectivity index (χ3n) is 3.63. The Bertz CT molecular complexity index is 660. The first-order chi connectivity index (χ1) is 12.1. The van der Waals surface area contributed by atoms with E-state index in [0.717, 1.165) is 19.2 Å². The molecule has 26 heavy (non-hydrogen) atoms. The van der Waals surface area contributed by atoms with Crippen molar-refractivity contribution in [1.29, 1.82) is 0 Å². The molecule has 1 rings (SSSR count). The van der Waals surface area contributed by atoms with Crippen molar-refractivity contribution in [1.82, 2.24) is 5.32 Å². The summed E-state index contributed by atoms with van der Waals surface area (Å²) >= 11 is 0. The number of hydrogen-bond acceptors (Lipinski definition) is 5. The molecule has 0 heterocycles. The summed E-state index contributed by atoms with van der Waals surface area (Å²) in [6.45, 7) is 1.51. The average molecular weight is 375 g/mol. The first kappa shape index (κ1) is 21.5. The van der Waals surface area contributed by atoms with Gasteiger partial charge in [-0.1, -0.05) is 25.1 Å². The van der Waals surface area contributed by atoms with Crippen molar-refractivity contribution in [3.8, 4) is 0 Å². The molecule has 1 amide bonds. The maximum absolute atomic E-state index is 12.7. The fourth-order valence-corrected chi connectivity index (χ4v) is 2.30. The van der Waals surface area contributed by atoms with Crippen molar-refractivity contribution < 1.29 is 37.0 Å². The van der Waals surface area contributed by atoms with Gasteiger partial charge in [-0.05, 0) is 18.1 Å². The van der Waals surface area contributed by atoms with Crippen LogP contribution in [-0.2, 0) is 36.5 Å². The molecule has 0 radical (unpaired) electrons. The van der Waals surface area contributed by atoms with E-state index >= 15 is 0 Å². The van der Waals surface area contributed by atoms with Gasteiger partial charge in [-0.2, -0.15) is 13.2 Å². The number of benzene rings is 1. The molecule has 144 valence electrons. The summed E-state index contributed by atoms with van der Waals surface area (Å²) in [6.07, 6.45) is -4.94. The number of nitrogens with one attached hydrogen (secondary N) is 1. The molecule has 9 heteroatoms. The lowest BCUT2D eigenvalue weighted by Gasteiger charge is -2.19. The SMILES string of the molecule is COC(=O)[C@H](C[C@H](C)C(=O)OC)NC(=O)Cc1cccc(C(F)(F)F)c1. The second-order valence-electron chi connectivity index (χ2n) is 5.68. The Labute approximate surface area is 148 Å². The van der Waals surface area contributed by atoms with E-state index in [1.165, 1.54) is 26.2 Å².